The second kappa shape index (κ2) is 7.62. The van der Waals surface area contributed by atoms with Gasteiger partial charge >= 0.3 is 0 Å². The number of carbonyl (C=O) groups is 2. The van der Waals surface area contributed by atoms with Gasteiger partial charge in [0.25, 0.3) is 5.91 Å². The molecule has 28 heavy (non-hydrogen) atoms. The molecular formula is C22H18ClNO4. The summed E-state index contributed by atoms with van der Waals surface area (Å²) < 4.78 is 5.31. The number of ether oxygens (including phenoxy) is 1. The quantitative estimate of drug-likeness (QED) is 0.676. The molecule has 1 aliphatic rings. The van der Waals surface area contributed by atoms with Crippen molar-refractivity contribution in [1.82, 2.24) is 4.90 Å². The lowest BCUT2D eigenvalue weighted by molar-refractivity contribution is 0.0303. The van der Waals surface area contributed by atoms with Crippen LogP contribution in [0.3, 0.4) is 0 Å². The van der Waals surface area contributed by atoms with Crippen LogP contribution in [0.2, 0.25) is 5.02 Å². The minimum atomic E-state index is -0.0496. The fraction of sp³-hybridized carbons (Fsp3) is 0.182. The fourth-order valence-electron chi connectivity index (χ4n) is 3.46. The molecule has 0 atom stereocenters. The maximum atomic E-state index is 12.8. The molecule has 6 heteroatoms. The van der Waals surface area contributed by atoms with Crippen LogP contribution in [0.15, 0.2) is 48.5 Å². The van der Waals surface area contributed by atoms with Gasteiger partial charge in [-0.15, -0.1) is 0 Å². The standard InChI is InChI=1S/C22H18ClNO4/c23-20-5-2-16(22(27)24-7-9-28-10-8-24)12-18(20)15-1-4-17-14(11-15)3-6-21(26)19(17)13-25/h1-6,11-13,26H,7-10H2. The average molecular weight is 396 g/mol. The number of amides is 1. The van der Waals surface area contributed by atoms with E-state index in [2.05, 4.69) is 0 Å². The first kappa shape index (κ1) is 18.5. The number of hydrogen-bond acceptors (Lipinski definition) is 4. The van der Waals surface area contributed by atoms with Crippen molar-refractivity contribution in [3.8, 4) is 16.9 Å². The van der Waals surface area contributed by atoms with E-state index in [0.717, 1.165) is 16.5 Å². The summed E-state index contributed by atoms with van der Waals surface area (Å²) in [6.07, 6.45) is 0.645. The van der Waals surface area contributed by atoms with Crippen LogP contribution in [0.25, 0.3) is 21.9 Å². The Morgan fingerprint density at radius 3 is 2.61 bits per heavy atom. The van der Waals surface area contributed by atoms with Crippen molar-refractivity contribution >= 4 is 34.6 Å². The number of nitrogens with zero attached hydrogens (tertiary/aromatic N) is 1. The smallest absolute Gasteiger partial charge is 0.254 e. The van der Waals surface area contributed by atoms with E-state index in [0.29, 0.717) is 48.6 Å². The molecule has 1 N–H and O–H groups in total. The van der Waals surface area contributed by atoms with Crippen molar-refractivity contribution in [3.05, 3.63) is 64.7 Å². The monoisotopic (exact) mass is 395 g/mol. The Kier molecular flexibility index (Phi) is 5.03. The normalized spacial score (nSPS) is 14.2. The third-order valence-corrected chi connectivity index (χ3v) is 5.31. The summed E-state index contributed by atoms with van der Waals surface area (Å²) in [6, 6.07) is 14.0. The molecule has 4 rings (SSSR count). The average Bonchev–Trinajstić information content (AvgIpc) is 2.74. The first-order chi connectivity index (χ1) is 13.6. The Morgan fingerprint density at radius 1 is 1.07 bits per heavy atom. The second-order valence-corrected chi connectivity index (χ2v) is 7.06. The molecule has 0 aromatic heterocycles. The van der Waals surface area contributed by atoms with Gasteiger partial charge in [0.05, 0.1) is 18.8 Å². The molecule has 1 aliphatic heterocycles. The Labute approximate surface area is 167 Å². The highest BCUT2D eigenvalue weighted by molar-refractivity contribution is 6.33. The van der Waals surface area contributed by atoms with Crippen LogP contribution in [-0.4, -0.2) is 48.5 Å². The molecular weight excluding hydrogens is 378 g/mol. The highest BCUT2D eigenvalue weighted by Gasteiger charge is 2.20. The molecule has 3 aromatic rings. The van der Waals surface area contributed by atoms with Crippen molar-refractivity contribution in [2.24, 2.45) is 0 Å². The van der Waals surface area contributed by atoms with Crippen LogP contribution in [0.5, 0.6) is 5.75 Å². The van der Waals surface area contributed by atoms with Crippen LogP contribution in [0.4, 0.5) is 0 Å². The number of carbonyl (C=O) groups excluding carboxylic acids is 2. The molecule has 0 spiro atoms. The number of morpholine rings is 1. The molecule has 1 heterocycles. The summed E-state index contributed by atoms with van der Waals surface area (Å²) in [5.41, 5.74) is 2.40. The van der Waals surface area contributed by atoms with Gasteiger partial charge in [0.1, 0.15) is 5.75 Å². The number of phenols is 1. The van der Waals surface area contributed by atoms with Crippen molar-refractivity contribution in [2.75, 3.05) is 26.3 Å². The minimum Gasteiger partial charge on any atom is -0.507 e. The number of aromatic hydroxyl groups is 1. The van der Waals surface area contributed by atoms with Gasteiger partial charge in [-0.2, -0.15) is 0 Å². The highest BCUT2D eigenvalue weighted by Crippen LogP contribution is 2.33. The maximum absolute atomic E-state index is 12.8. The molecule has 0 saturated carbocycles. The van der Waals surface area contributed by atoms with E-state index in [1.165, 1.54) is 6.07 Å². The summed E-state index contributed by atoms with van der Waals surface area (Å²) in [6.45, 7) is 2.24. The molecule has 0 bridgehead atoms. The van der Waals surface area contributed by atoms with Crippen LogP contribution >= 0.6 is 11.6 Å². The zero-order chi connectivity index (χ0) is 19.7. The Bertz CT molecular complexity index is 1070. The topological polar surface area (TPSA) is 66.8 Å². The SMILES string of the molecule is O=Cc1c(O)ccc2cc(-c3cc(C(=O)N4CCOCC4)ccc3Cl)ccc12. The molecule has 5 nitrogen and oxygen atoms in total. The zero-order valence-corrected chi connectivity index (χ0v) is 15.8. The van der Waals surface area contributed by atoms with Crippen LogP contribution in [-0.2, 0) is 4.74 Å². The predicted octanol–water partition coefficient (Wildman–Crippen LogP) is 4.15. The van der Waals surface area contributed by atoms with Crippen molar-refractivity contribution in [3.63, 3.8) is 0 Å². The number of fused-ring (bicyclic) bond motifs is 1. The third-order valence-electron chi connectivity index (χ3n) is 4.98. The molecule has 3 aromatic carbocycles. The summed E-state index contributed by atoms with van der Waals surface area (Å²) >= 11 is 6.42. The lowest BCUT2D eigenvalue weighted by Crippen LogP contribution is -2.40. The Hall–Kier alpha value is -2.89. The van der Waals surface area contributed by atoms with Crippen molar-refractivity contribution < 1.29 is 19.4 Å². The van der Waals surface area contributed by atoms with Crippen LogP contribution in [0, 0.1) is 0 Å². The molecule has 1 fully saturated rings. The lowest BCUT2D eigenvalue weighted by Gasteiger charge is -2.27. The number of halogens is 1. The first-order valence-electron chi connectivity index (χ1n) is 8.96. The zero-order valence-electron chi connectivity index (χ0n) is 15.0. The Balaban J connectivity index is 1.75. The van der Waals surface area contributed by atoms with Gasteiger partial charge in [-0.05, 0) is 46.7 Å². The van der Waals surface area contributed by atoms with Gasteiger partial charge in [-0.25, -0.2) is 0 Å². The van der Waals surface area contributed by atoms with Gasteiger partial charge < -0.3 is 14.7 Å². The van der Waals surface area contributed by atoms with E-state index in [1.54, 1.807) is 35.2 Å². The van der Waals surface area contributed by atoms with Crippen molar-refractivity contribution in [2.45, 2.75) is 0 Å². The lowest BCUT2D eigenvalue weighted by atomic mass is 9.97. The molecule has 0 radical (unpaired) electrons. The second-order valence-electron chi connectivity index (χ2n) is 6.65. The third kappa shape index (κ3) is 3.35. The van der Waals surface area contributed by atoms with E-state index in [-0.39, 0.29) is 17.2 Å². The number of hydrogen-bond donors (Lipinski definition) is 1. The summed E-state index contributed by atoms with van der Waals surface area (Å²) in [4.78, 5) is 25.9. The highest BCUT2D eigenvalue weighted by atomic mass is 35.5. The van der Waals surface area contributed by atoms with E-state index in [9.17, 15) is 14.7 Å². The number of benzene rings is 3. The maximum Gasteiger partial charge on any atom is 0.254 e. The van der Waals surface area contributed by atoms with Crippen molar-refractivity contribution in [1.29, 1.82) is 0 Å². The summed E-state index contributed by atoms with van der Waals surface area (Å²) in [5.74, 6) is -0.0958. The summed E-state index contributed by atoms with van der Waals surface area (Å²) in [5, 5.41) is 11.9. The molecule has 1 amide bonds. The first-order valence-corrected chi connectivity index (χ1v) is 9.34. The van der Waals surface area contributed by atoms with Crippen LogP contribution in [0.1, 0.15) is 20.7 Å². The van der Waals surface area contributed by atoms with E-state index >= 15 is 0 Å². The van der Waals surface area contributed by atoms with Gasteiger partial charge in [0, 0.05) is 29.2 Å². The fourth-order valence-corrected chi connectivity index (χ4v) is 3.69. The van der Waals surface area contributed by atoms with Gasteiger partial charge in [0.15, 0.2) is 6.29 Å². The number of phenolic OH excluding ortho intramolecular Hbond substituents is 1. The molecule has 0 unspecified atom stereocenters. The number of rotatable bonds is 3. The van der Waals surface area contributed by atoms with Crippen LogP contribution < -0.4 is 0 Å². The largest absolute Gasteiger partial charge is 0.507 e. The van der Waals surface area contributed by atoms with Gasteiger partial charge in [-0.1, -0.05) is 29.8 Å². The minimum absolute atomic E-state index is 0.0461. The molecule has 142 valence electrons. The van der Waals surface area contributed by atoms with Gasteiger partial charge in [0.2, 0.25) is 0 Å². The predicted molar refractivity (Wildman–Crippen MR) is 108 cm³/mol. The van der Waals surface area contributed by atoms with Gasteiger partial charge in [-0.3, -0.25) is 9.59 Å². The molecule has 0 aliphatic carbocycles. The van der Waals surface area contributed by atoms with E-state index in [1.807, 2.05) is 12.1 Å². The Morgan fingerprint density at radius 2 is 1.86 bits per heavy atom. The number of aldehydes is 1. The summed E-state index contributed by atoms with van der Waals surface area (Å²) in [7, 11) is 0. The molecule has 1 saturated heterocycles. The van der Waals surface area contributed by atoms with E-state index in [4.69, 9.17) is 16.3 Å². The van der Waals surface area contributed by atoms with E-state index < -0.39 is 0 Å².